The van der Waals surface area contributed by atoms with Crippen molar-refractivity contribution in [3.63, 3.8) is 0 Å². The molecule has 2 heterocycles. The van der Waals surface area contributed by atoms with Crippen molar-refractivity contribution in [1.29, 1.82) is 0 Å². The van der Waals surface area contributed by atoms with E-state index >= 15 is 0 Å². The highest BCUT2D eigenvalue weighted by molar-refractivity contribution is 5.85. The Morgan fingerprint density at radius 2 is 2.11 bits per heavy atom. The molecule has 1 unspecified atom stereocenters. The zero-order valence-corrected chi connectivity index (χ0v) is 10.2. The lowest BCUT2D eigenvalue weighted by molar-refractivity contribution is 0.0931. The third-order valence-electron chi connectivity index (χ3n) is 2.87. The number of benzene rings is 1. The Morgan fingerprint density at radius 1 is 1.26 bits per heavy atom. The van der Waals surface area contributed by atoms with Crippen LogP contribution in [0.25, 0.3) is 10.9 Å². The fourth-order valence-electron chi connectivity index (χ4n) is 1.98. The van der Waals surface area contributed by atoms with E-state index in [0.717, 1.165) is 16.7 Å². The molecular formula is C13H14N4O2. The van der Waals surface area contributed by atoms with E-state index in [1.54, 1.807) is 17.2 Å². The molecule has 0 bridgehead atoms. The number of hydrogen-bond donors (Lipinski definition) is 2. The fraction of sp³-hybridized carbons (Fsp3) is 0.231. The normalized spacial score (nSPS) is 12.7. The molecule has 0 saturated carbocycles. The SMILES string of the molecule is OC(COc1cccc2[nH]ccc12)Cn1cnnc1. The van der Waals surface area contributed by atoms with Gasteiger partial charge in [-0.3, -0.25) is 0 Å². The first-order chi connectivity index (χ1) is 9.33. The molecule has 0 radical (unpaired) electrons. The van der Waals surface area contributed by atoms with Crippen LogP contribution in [0.2, 0.25) is 0 Å². The molecule has 0 saturated heterocycles. The van der Waals surface area contributed by atoms with Crippen LogP contribution >= 0.6 is 0 Å². The van der Waals surface area contributed by atoms with Crippen LogP contribution in [-0.4, -0.2) is 37.6 Å². The van der Waals surface area contributed by atoms with Gasteiger partial charge in [0.05, 0.1) is 6.54 Å². The Labute approximate surface area is 109 Å². The Bertz CT molecular complexity index is 648. The number of hydrogen-bond acceptors (Lipinski definition) is 4. The molecule has 0 amide bonds. The number of aromatic amines is 1. The molecule has 0 aliphatic carbocycles. The number of aliphatic hydroxyl groups excluding tert-OH is 1. The van der Waals surface area contributed by atoms with E-state index in [1.165, 1.54) is 0 Å². The van der Waals surface area contributed by atoms with Crippen LogP contribution in [0.4, 0.5) is 0 Å². The molecule has 98 valence electrons. The van der Waals surface area contributed by atoms with Crippen LogP contribution in [0, 0.1) is 0 Å². The topological polar surface area (TPSA) is 76.0 Å². The highest BCUT2D eigenvalue weighted by Crippen LogP contribution is 2.24. The molecule has 0 aliphatic heterocycles. The van der Waals surface area contributed by atoms with Gasteiger partial charge in [-0.1, -0.05) is 6.07 Å². The zero-order valence-electron chi connectivity index (χ0n) is 10.2. The summed E-state index contributed by atoms with van der Waals surface area (Å²) in [4.78, 5) is 3.12. The fourth-order valence-corrected chi connectivity index (χ4v) is 1.98. The highest BCUT2D eigenvalue weighted by atomic mass is 16.5. The van der Waals surface area contributed by atoms with Crippen molar-refractivity contribution >= 4 is 10.9 Å². The number of ether oxygens (including phenoxy) is 1. The maximum atomic E-state index is 9.90. The van der Waals surface area contributed by atoms with Crippen molar-refractivity contribution in [3.05, 3.63) is 43.1 Å². The molecular weight excluding hydrogens is 244 g/mol. The predicted molar refractivity (Wildman–Crippen MR) is 69.8 cm³/mol. The van der Waals surface area contributed by atoms with E-state index in [1.807, 2.05) is 30.5 Å². The summed E-state index contributed by atoms with van der Waals surface area (Å²) in [5.74, 6) is 0.765. The zero-order chi connectivity index (χ0) is 13.1. The summed E-state index contributed by atoms with van der Waals surface area (Å²) in [5.41, 5.74) is 1.02. The van der Waals surface area contributed by atoms with Crippen molar-refractivity contribution < 1.29 is 9.84 Å². The van der Waals surface area contributed by atoms with Gasteiger partial charge in [0.25, 0.3) is 0 Å². The van der Waals surface area contributed by atoms with Crippen LogP contribution in [0.3, 0.4) is 0 Å². The van der Waals surface area contributed by atoms with Gasteiger partial charge in [0.1, 0.15) is 31.1 Å². The minimum absolute atomic E-state index is 0.225. The van der Waals surface area contributed by atoms with Gasteiger partial charge in [-0.2, -0.15) is 0 Å². The molecule has 1 aromatic carbocycles. The lowest BCUT2D eigenvalue weighted by atomic mass is 10.2. The molecule has 6 heteroatoms. The number of nitrogens with one attached hydrogen (secondary N) is 1. The summed E-state index contributed by atoms with van der Waals surface area (Å²) >= 11 is 0. The van der Waals surface area contributed by atoms with Crippen LogP contribution in [0.1, 0.15) is 0 Å². The van der Waals surface area contributed by atoms with Crippen molar-refractivity contribution in [3.8, 4) is 5.75 Å². The second-order valence-corrected chi connectivity index (χ2v) is 4.32. The number of fused-ring (bicyclic) bond motifs is 1. The van der Waals surface area contributed by atoms with Gasteiger partial charge in [-0.05, 0) is 18.2 Å². The summed E-state index contributed by atoms with van der Waals surface area (Å²) in [6, 6.07) is 7.74. The van der Waals surface area contributed by atoms with E-state index in [9.17, 15) is 5.11 Å². The Kier molecular flexibility index (Phi) is 3.16. The quantitative estimate of drug-likeness (QED) is 0.721. The second-order valence-electron chi connectivity index (χ2n) is 4.32. The molecule has 3 aromatic rings. The highest BCUT2D eigenvalue weighted by Gasteiger charge is 2.08. The standard InChI is InChI=1S/C13H14N4O2/c18-10(6-17-8-15-16-9-17)7-19-13-3-1-2-12-11(13)4-5-14-12/h1-5,8-10,14,18H,6-7H2. The third kappa shape index (κ3) is 2.58. The average Bonchev–Trinajstić information content (AvgIpc) is 3.06. The van der Waals surface area contributed by atoms with Crippen LogP contribution in [0.5, 0.6) is 5.75 Å². The molecule has 0 aliphatic rings. The smallest absolute Gasteiger partial charge is 0.128 e. The Balaban J connectivity index is 1.64. The average molecular weight is 258 g/mol. The van der Waals surface area contributed by atoms with Crippen molar-refractivity contribution in [1.82, 2.24) is 19.7 Å². The Hall–Kier alpha value is -2.34. The van der Waals surface area contributed by atoms with E-state index in [2.05, 4.69) is 15.2 Å². The van der Waals surface area contributed by atoms with E-state index in [0.29, 0.717) is 6.54 Å². The number of rotatable bonds is 5. The van der Waals surface area contributed by atoms with Crippen LogP contribution in [-0.2, 0) is 6.54 Å². The van der Waals surface area contributed by atoms with E-state index in [-0.39, 0.29) is 6.61 Å². The molecule has 6 nitrogen and oxygen atoms in total. The van der Waals surface area contributed by atoms with E-state index < -0.39 is 6.10 Å². The number of aromatic nitrogens is 4. The van der Waals surface area contributed by atoms with Gasteiger partial charge in [0.15, 0.2) is 0 Å². The third-order valence-corrected chi connectivity index (χ3v) is 2.87. The molecule has 0 fully saturated rings. The summed E-state index contributed by atoms with van der Waals surface area (Å²) in [6.45, 7) is 0.637. The van der Waals surface area contributed by atoms with Gasteiger partial charge in [0, 0.05) is 17.1 Å². The molecule has 2 N–H and O–H groups in total. The minimum atomic E-state index is -0.606. The number of nitrogens with zero attached hydrogens (tertiary/aromatic N) is 3. The van der Waals surface area contributed by atoms with Crippen molar-refractivity contribution in [2.24, 2.45) is 0 Å². The summed E-state index contributed by atoms with van der Waals surface area (Å²) < 4.78 is 7.38. The summed E-state index contributed by atoms with van der Waals surface area (Å²) in [5, 5.41) is 18.3. The van der Waals surface area contributed by atoms with Gasteiger partial charge >= 0.3 is 0 Å². The number of H-pyrrole nitrogens is 1. The first-order valence-corrected chi connectivity index (χ1v) is 6.02. The van der Waals surface area contributed by atoms with Gasteiger partial charge in [-0.15, -0.1) is 10.2 Å². The van der Waals surface area contributed by atoms with Crippen LogP contribution in [0.15, 0.2) is 43.1 Å². The molecule has 3 rings (SSSR count). The second kappa shape index (κ2) is 5.11. The molecule has 2 aromatic heterocycles. The summed E-state index contributed by atoms with van der Waals surface area (Å²) in [7, 11) is 0. The minimum Gasteiger partial charge on any atom is -0.490 e. The Morgan fingerprint density at radius 3 is 2.95 bits per heavy atom. The van der Waals surface area contributed by atoms with Crippen molar-refractivity contribution in [2.45, 2.75) is 12.6 Å². The van der Waals surface area contributed by atoms with E-state index in [4.69, 9.17) is 4.74 Å². The summed E-state index contributed by atoms with van der Waals surface area (Å²) in [6.07, 6.45) is 4.39. The number of aliphatic hydroxyl groups is 1. The monoisotopic (exact) mass is 258 g/mol. The molecule has 0 spiro atoms. The van der Waals surface area contributed by atoms with Gasteiger partial charge in [0.2, 0.25) is 0 Å². The van der Waals surface area contributed by atoms with Crippen LogP contribution < -0.4 is 4.74 Å². The molecule has 19 heavy (non-hydrogen) atoms. The first kappa shape index (κ1) is 11.7. The predicted octanol–water partition coefficient (Wildman–Crippen LogP) is 1.20. The molecule has 1 atom stereocenters. The maximum absolute atomic E-state index is 9.90. The first-order valence-electron chi connectivity index (χ1n) is 6.02. The van der Waals surface area contributed by atoms with Crippen molar-refractivity contribution in [2.75, 3.05) is 6.61 Å². The lowest BCUT2D eigenvalue weighted by Crippen LogP contribution is -2.23. The lowest BCUT2D eigenvalue weighted by Gasteiger charge is -2.13. The van der Waals surface area contributed by atoms with Gasteiger partial charge < -0.3 is 19.4 Å². The maximum Gasteiger partial charge on any atom is 0.128 e. The van der Waals surface area contributed by atoms with Gasteiger partial charge in [-0.25, -0.2) is 0 Å². The largest absolute Gasteiger partial charge is 0.490 e.